The van der Waals surface area contributed by atoms with Gasteiger partial charge in [-0.1, -0.05) is 30.3 Å². The zero-order valence-corrected chi connectivity index (χ0v) is 14.8. The lowest BCUT2D eigenvalue weighted by Crippen LogP contribution is -2.43. The molecule has 0 aromatic heterocycles. The van der Waals surface area contributed by atoms with Crippen LogP contribution in [0, 0.1) is 0 Å². The van der Waals surface area contributed by atoms with Crippen LogP contribution in [-0.2, 0) is 32.5 Å². The molecule has 2 aromatic rings. The number of hydrogen-bond donors (Lipinski definition) is 2. The van der Waals surface area contributed by atoms with Crippen LogP contribution in [-0.4, -0.2) is 33.3 Å². The molecule has 136 valence electrons. The average Bonchev–Trinajstić information content (AvgIpc) is 3.04. The Morgan fingerprint density at radius 1 is 1.08 bits per heavy atom. The van der Waals surface area contributed by atoms with E-state index in [1.165, 1.54) is 17.0 Å². The number of nitrogens with zero attached hydrogens (tertiary/aromatic N) is 1. The first-order valence-corrected chi connectivity index (χ1v) is 9.70. The number of para-hydroxylation sites is 1. The second-order valence-electron chi connectivity index (χ2n) is 6.03. The number of anilines is 1. The molecule has 0 radical (unpaired) electrons. The fraction of sp³-hybridized carbons (Fsp3) is 0.222. The van der Waals surface area contributed by atoms with Gasteiger partial charge >= 0.3 is 11.8 Å². The Morgan fingerprint density at radius 3 is 2.46 bits per heavy atom. The summed E-state index contributed by atoms with van der Waals surface area (Å²) in [6.07, 6.45) is 1.21. The SMILES string of the molecule is NS(=O)(=O)c1ccc(CCNC(=O)C(=O)N2CCc3ccccc32)cc1. The maximum atomic E-state index is 12.3. The van der Waals surface area contributed by atoms with Gasteiger partial charge in [-0.25, -0.2) is 13.6 Å². The number of hydrogen-bond acceptors (Lipinski definition) is 4. The lowest BCUT2D eigenvalue weighted by Gasteiger charge is -2.16. The first kappa shape index (κ1) is 18.1. The van der Waals surface area contributed by atoms with Crippen LogP contribution < -0.4 is 15.4 Å². The first-order valence-electron chi connectivity index (χ1n) is 8.15. The van der Waals surface area contributed by atoms with E-state index in [1.807, 2.05) is 24.3 Å². The van der Waals surface area contributed by atoms with Gasteiger partial charge in [-0.05, 0) is 42.2 Å². The minimum absolute atomic E-state index is 0.0353. The largest absolute Gasteiger partial charge is 0.347 e. The molecule has 3 rings (SSSR count). The zero-order valence-electron chi connectivity index (χ0n) is 14.0. The van der Waals surface area contributed by atoms with Crippen molar-refractivity contribution in [2.75, 3.05) is 18.0 Å². The van der Waals surface area contributed by atoms with Gasteiger partial charge in [0.05, 0.1) is 4.90 Å². The fourth-order valence-corrected chi connectivity index (χ4v) is 3.43. The molecule has 2 amide bonds. The summed E-state index contributed by atoms with van der Waals surface area (Å²) in [6, 6.07) is 13.6. The lowest BCUT2D eigenvalue weighted by atomic mass is 10.1. The van der Waals surface area contributed by atoms with E-state index in [-0.39, 0.29) is 11.4 Å². The molecule has 0 unspecified atom stereocenters. The number of carbonyl (C=O) groups is 2. The van der Waals surface area contributed by atoms with Gasteiger partial charge in [-0.2, -0.15) is 0 Å². The third kappa shape index (κ3) is 3.92. The Morgan fingerprint density at radius 2 is 1.77 bits per heavy atom. The van der Waals surface area contributed by atoms with Crippen molar-refractivity contribution in [3.63, 3.8) is 0 Å². The molecule has 26 heavy (non-hydrogen) atoms. The Bertz CT molecular complexity index is 939. The minimum atomic E-state index is -3.72. The number of sulfonamides is 1. The molecular formula is C18H19N3O4S. The number of nitrogens with one attached hydrogen (secondary N) is 1. The number of rotatable bonds is 4. The van der Waals surface area contributed by atoms with Gasteiger partial charge in [-0.3, -0.25) is 9.59 Å². The summed E-state index contributed by atoms with van der Waals surface area (Å²) in [7, 11) is -3.72. The van der Waals surface area contributed by atoms with E-state index in [9.17, 15) is 18.0 Å². The van der Waals surface area contributed by atoms with E-state index >= 15 is 0 Å². The molecule has 0 fully saturated rings. The number of nitrogens with two attached hydrogens (primary N) is 1. The monoisotopic (exact) mass is 373 g/mol. The van der Waals surface area contributed by atoms with E-state index in [1.54, 1.807) is 12.1 Å². The molecule has 0 spiro atoms. The van der Waals surface area contributed by atoms with Crippen molar-refractivity contribution in [1.29, 1.82) is 0 Å². The van der Waals surface area contributed by atoms with E-state index in [0.717, 1.165) is 23.2 Å². The van der Waals surface area contributed by atoms with Crippen LogP contribution in [0.15, 0.2) is 53.4 Å². The van der Waals surface area contributed by atoms with Crippen molar-refractivity contribution in [3.05, 3.63) is 59.7 Å². The number of benzene rings is 2. The van der Waals surface area contributed by atoms with Crippen molar-refractivity contribution in [3.8, 4) is 0 Å². The summed E-state index contributed by atoms with van der Waals surface area (Å²) >= 11 is 0. The maximum Gasteiger partial charge on any atom is 0.316 e. The Balaban J connectivity index is 1.54. The predicted molar refractivity (Wildman–Crippen MR) is 97.0 cm³/mol. The highest BCUT2D eigenvalue weighted by Crippen LogP contribution is 2.27. The van der Waals surface area contributed by atoms with Gasteiger partial charge in [0.1, 0.15) is 0 Å². The Labute approximate surface area is 151 Å². The van der Waals surface area contributed by atoms with E-state index in [4.69, 9.17) is 5.14 Å². The van der Waals surface area contributed by atoms with Gasteiger partial charge in [0, 0.05) is 18.8 Å². The van der Waals surface area contributed by atoms with Crippen LogP contribution in [0.1, 0.15) is 11.1 Å². The topological polar surface area (TPSA) is 110 Å². The van der Waals surface area contributed by atoms with Gasteiger partial charge < -0.3 is 10.2 Å². The number of fused-ring (bicyclic) bond motifs is 1. The maximum absolute atomic E-state index is 12.3. The number of primary sulfonamides is 1. The molecule has 7 nitrogen and oxygen atoms in total. The molecule has 0 aliphatic carbocycles. The second-order valence-corrected chi connectivity index (χ2v) is 7.59. The summed E-state index contributed by atoms with van der Waals surface area (Å²) in [5.74, 6) is -1.22. The third-order valence-corrected chi connectivity index (χ3v) is 5.21. The lowest BCUT2D eigenvalue weighted by molar-refractivity contribution is -0.137. The van der Waals surface area contributed by atoms with E-state index < -0.39 is 21.8 Å². The molecule has 3 N–H and O–H groups in total. The van der Waals surface area contributed by atoms with Gasteiger partial charge in [0.25, 0.3) is 0 Å². The summed E-state index contributed by atoms with van der Waals surface area (Å²) in [5, 5.41) is 7.66. The first-order chi connectivity index (χ1) is 12.4. The highest BCUT2D eigenvalue weighted by molar-refractivity contribution is 7.89. The molecule has 1 aliphatic heterocycles. The van der Waals surface area contributed by atoms with Crippen LogP contribution in [0.3, 0.4) is 0 Å². The van der Waals surface area contributed by atoms with E-state index in [2.05, 4.69) is 5.32 Å². The van der Waals surface area contributed by atoms with Crippen molar-refractivity contribution in [2.24, 2.45) is 5.14 Å². The highest BCUT2D eigenvalue weighted by Gasteiger charge is 2.28. The third-order valence-electron chi connectivity index (χ3n) is 4.28. The normalized spacial score (nSPS) is 13.3. The average molecular weight is 373 g/mol. The molecule has 2 aromatic carbocycles. The molecule has 0 bridgehead atoms. The molecule has 0 saturated carbocycles. The van der Waals surface area contributed by atoms with Crippen LogP contribution in [0.4, 0.5) is 5.69 Å². The van der Waals surface area contributed by atoms with Crippen molar-refractivity contribution < 1.29 is 18.0 Å². The van der Waals surface area contributed by atoms with Crippen molar-refractivity contribution in [1.82, 2.24) is 5.32 Å². The molecular weight excluding hydrogens is 354 g/mol. The van der Waals surface area contributed by atoms with Crippen LogP contribution in [0.2, 0.25) is 0 Å². The summed E-state index contributed by atoms with van der Waals surface area (Å²) in [4.78, 5) is 26.0. The van der Waals surface area contributed by atoms with Gasteiger partial charge in [0.15, 0.2) is 0 Å². The Kier molecular flexibility index (Phi) is 5.06. The minimum Gasteiger partial charge on any atom is -0.347 e. The van der Waals surface area contributed by atoms with Crippen molar-refractivity contribution >= 4 is 27.5 Å². The number of amides is 2. The summed E-state index contributed by atoms with van der Waals surface area (Å²) in [5.41, 5.74) is 2.67. The predicted octanol–water partition coefficient (Wildman–Crippen LogP) is 0.582. The van der Waals surface area contributed by atoms with Gasteiger partial charge in [0.2, 0.25) is 10.0 Å². The highest BCUT2D eigenvalue weighted by atomic mass is 32.2. The summed E-state index contributed by atoms with van der Waals surface area (Å²) < 4.78 is 22.4. The molecule has 0 atom stereocenters. The Hall–Kier alpha value is -2.71. The quantitative estimate of drug-likeness (QED) is 0.764. The van der Waals surface area contributed by atoms with E-state index in [0.29, 0.717) is 13.0 Å². The number of carbonyl (C=O) groups excluding carboxylic acids is 2. The van der Waals surface area contributed by atoms with Crippen LogP contribution in [0.5, 0.6) is 0 Å². The molecule has 1 aliphatic rings. The zero-order chi connectivity index (χ0) is 18.7. The van der Waals surface area contributed by atoms with Crippen LogP contribution >= 0.6 is 0 Å². The van der Waals surface area contributed by atoms with Gasteiger partial charge in [-0.15, -0.1) is 0 Å². The molecule has 0 saturated heterocycles. The molecule has 8 heteroatoms. The van der Waals surface area contributed by atoms with Crippen molar-refractivity contribution in [2.45, 2.75) is 17.7 Å². The standard InChI is InChI=1S/C18H19N3O4S/c19-26(24,25)15-7-5-13(6-8-15)9-11-20-17(22)18(23)21-12-10-14-3-1-2-4-16(14)21/h1-8H,9-12H2,(H,20,22)(H2,19,24,25). The smallest absolute Gasteiger partial charge is 0.316 e. The molecule has 1 heterocycles. The second kappa shape index (κ2) is 7.27. The van der Waals surface area contributed by atoms with Crippen LogP contribution in [0.25, 0.3) is 0 Å². The fourth-order valence-electron chi connectivity index (χ4n) is 2.91. The summed E-state index contributed by atoms with van der Waals surface area (Å²) in [6.45, 7) is 0.773.